The zero-order chi connectivity index (χ0) is 19.6. The molecule has 4 rings (SSSR count). The Kier molecular flexibility index (Phi) is 5.62. The van der Waals surface area contributed by atoms with Gasteiger partial charge >= 0.3 is 0 Å². The highest BCUT2D eigenvalue weighted by molar-refractivity contribution is 7.75. The van der Waals surface area contributed by atoms with Crippen LogP contribution in [0, 0.1) is 0 Å². The minimum absolute atomic E-state index is 0.0746. The summed E-state index contributed by atoms with van der Waals surface area (Å²) in [4.78, 5) is 0. The SMILES string of the molecule is COS.COc1ccc2cc3[n+](cc2c1OC)CCc1cc(O)c(O)cc1-3. The molecule has 0 radical (unpaired) electrons. The van der Waals surface area contributed by atoms with E-state index in [4.69, 9.17) is 9.47 Å². The maximum absolute atomic E-state index is 9.87. The summed E-state index contributed by atoms with van der Waals surface area (Å²) < 4.78 is 17.0. The van der Waals surface area contributed by atoms with Gasteiger partial charge in [-0.25, -0.2) is 0 Å². The molecule has 6 nitrogen and oxygen atoms in total. The first-order valence-electron chi connectivity index (χ1n) is 8.35. The molecule has 0 saturated heterocycles. The number of aromatic hydroxyl groups is 2. The first-order chi connectivity index (χ1) is 13.0. The third-order valence-electron chi connectivity index (χ3n) is 4.60. The fourth-order valence-corrected chi connectivity index (χ4v) is 3.40. The number of nitrogens with zero attached hydrogens (tertiary/aromatic N) is 1. The van der Waals surface area contributed by atoms with Gasteiger partial charge in [0, 0.05) is 19.6 Å². The van der Waals surface area contributed by atoms with Gasteiger partial charge in [-0.15, -0.1) is 0 Å². The predicted molar refractivity (Wildman–Crippen MR) is 106 cm³/mol. The number of aryl methyl sites for hydroxylation is 2. The van der Waals surface area contributed by atoms with Crippen LogP contribution in [0.25, 0.3) is 22.0 Å². The molecule has 27 heavy (non-hydrogen) atoms. The quantitative estimate of drug-likeness (QED) is 0.272. The first-order valence-corrected chi connectivity index (χ1v) is 8.71. The molecular formula is C20H22NO5S+. The van der Waals surface area contributed by atoms with E-state index in [-0.39, 0.29) is 11.5 Å². The van der Waals surface area contributed by atoms with Crippen molar-refractivity contribution in [1.82, 2.24) is 0 Å². The van der Waals surface area contributed by atoms with Gasteiger partial charge in [0.25, 0.3) is 0 Å². The minimum Gasteiger partial charge on any atom is -0.504 e. The summed E-state index contributed by atoms with van der Waals surface area (Å²) >= 11 is 3.29. The Morgan fingerprint density at radius 2 is 1.70 bits per heavy atom. The molecule has 0 bridgehead atoms. The third-order valence-corrected chi connectivity index (χ3v) is 4.60. The molecule has 2 N–H and O–H groups in total. The largest absolute Gasteiger partial charge is 0.504 e. The lowest BCUT2D eigenvalue weighted by Crippen LogP contribution is -2.40. The molecule has 1 aromatic heterocycles. The summed E-state index contributed by atoms with van der Waals surface area (Å²) in [7, 11) is 4.75. The number of ether oxygens (including phenoxy) is 2. The second-order valence-corrected chi connectivity index (χ2v) is 6.45. The number of phenolic OH excluding ortho intramolecular Hbond substituents is 2. The average Bonchev–Trinajstić information content (AvgIpc) is 2.67. The van der Waals surface area contributed by atoms with Crippen molar-refractivity contribution in [3.63, 3.8) is 0 Å². The van der Waals surface area contributed by atoms with E-state index in [0.29, 0.717) is 11.5 Å². The van der Waals surface area contributed by atoms with Gasteiger partial charge in [-0.3, -0.25) is 0 Å². The molecule has 1 aliphatic rings. The Morgan fingerprint density at radius 3 is 2.37 bits per heavy atom. The zero-order valence-electron chi connectivity index (χ0n) is 15.4. The number of aromatic nitrogens is 1. The van der Waals surface area contributed by atoms with E-state index >= 15 is 0 Å². The second kappa shape index (κ2) is 7.94. The highest BCUT2D eigenvalue weighted by Crippen LogP contribution is 2.39. The molecule has 0 fully saturated rings. The standard InChI is InChI=1S/C19H17NO4.CH4OS/c1-23-18-4-3-11-7-15-13-9-17(22)16(21)8-12(13)5-6-20(15)10-14(11)19(18)24-2;1-2-3/h3-4,7-10,22H,5-6H2,1-2H3;3H,1H3/p+1. The Bertz CT molecular complexity index is 990. The number of rotatable bonds is 2. The number of phenols is 2. The zero-order valence-corrected chi connectivity index (χ0v) is 16.3. The summed E-state index contributed by atoms with van der Waals surface area (Å²) in [5.41, 5.74) is 2.98. The predicted octanol–water partition coefficient (Wildman–Crippen LogP) is 3.26. The number of methoxy groups -OCH3 is 2. The molecule has 1 aliphatic heterocycles. The van der Waals surface area contributed by atoms with Crippen LogP contribution in [-0.2, 0) is 17.1 Å². The highest BCUT2D eigenvalue weighted by atomic mass is 32.1. The van der Waals surface area contributed by atoms with Crippen LogP contribution >= 0.6 is 12.9 Å². The summed E-state index contributed by atoms with van der Waals surface area (Å²) in [6, 6.07) is 9.23. The molecule has 2 heterocycles. The van der Waals surface area contributed by atoms with Gasteiger partial charge in [0.1, 0.15) is 0 Å². The van der Waals surface area contributed by atoms with Crippen LogP contribution in [0.15, 0.2) is 36.5 Å². The highest BCUT2D eigenvalue weighted by Gasteiger charge is 2.26. The van der Waals surface area contributed by atoms with Crippen molar-refractivity contribution in [2.45, 2.75) is 13.0 Å². The van der Waals surface area contributed by atoms with Crippen molar-refractivity contribution in [3.8, 4) is 34.3 Å². The van der Waals surface area contributed by atoms with E-state index in [9.17, 15) is 10.2 Å². The number of fused-ring (bicyclic) bond motifs is 4. The first kappa shape index (κ1) is 19.1. The number of hydrogen-bond donors (Lipinski definition) is 3. The van der Waals surface area contributed by atoms with E-state index in [1.54, 1.807) is 26.4 Å². The van der Waals surface area contributed by atoms with Gasteiger partial charge in [0.15, 0.2) is 35.7 Å². The molecule has 3 aromatic rings. The van der Waals surface area contributed by atoms with Crippen LogP contribution in [0.2, 0.25) is 0 Å². The minimum atomic E-state index is -0.102. The molecule has 0 spiro atoms. The molecule has 0 saturated carbocycles. The second-order valence-electron chi connectivity index (χ2n) is 6.09. The van der Waals surface area contributed by atoms with Crippen LogP contribution < -0.4 is 14.0 Å². The van der Waals surface area contributed by atoms with Crippen molar-refractivity contribution in [1.29, 1.82) is 0 Å². The Hall–Kier alpha value is -2.64. The fraction of sp³-hybridized carbons (Fsp3) is 0.250. The lowest BCUT2D eigenvalue weighted by atomic mass is 9.95. The number of thiol groups is 1. The van der Waals surface area contributed by atoms with Crippen molar-refractivity contribution in [3.05, 3.63) is 42.1 Å². The van der Waals surface area contributed by atoms with Crippen LogP contribution in [0.5, 0.6) is 23.0 Å². The normalized spacial score (nSPS) is 11.9. The van der Waals surface area contributed by atoms with Crippen molar-refractivity contribution >= 4 is 23.7 Å². The van der Waals surface area contributed by atoms with Crippen LogP contribution in [0.4, 0.5) is 0 Å². The molecule has 0 unspecified atom stereocenters. The van der Waals surface area contributed by atoms with Crippen LogP contribution in [-0.4, -0.2) is 31.5 Å². The van der Waals surface area contributed by atoms with Gasteiger partial charge in [-0.1, -0.05) is 0 Å². The summed E-state index contributed by atoms with van der Waals surface area (Å²) in [6.45, 7) is 0.794. The Morgan fingerprint density at radius 1 is 1.00 bits per heavy atom. The van der Waals surface area contributed by atoms with E-state index in [0.717, 1.165) is 40.6 Å². The van der Waals surface area contributed by atoms with E-state index in [1.807, 2.05) is 12.1 Å². The van der Waals surface area contributed by atoms with Gasteiger partial charge in [0.2, 0.25) is 5.69 Å². The smallest absolute Gasteiger partial charge is 0.213 e. The number of pyridine rings is 1. The van der Waals surface area contributed by atoms with Crippen molar-refractivity contribution in [2.75, 3.05) is 21.3 Å². The maximum Gasteiger partial charge on any atom is 0.213 e. The maximum atomic E-state index is 9.87. The lowest BCUT2D eigenvalue weighted by Gasteiger charge is -2.17. The van der Waals surface area contributed by atoms with Crippen LogP contribution in [0.3, 0.4) is 0 Å². The molecule has 0 amide bonds. The van der Waals surface area contributed by atoms with Crippen molar-refractivity contribution in [2.24, 2.45) is 0 Å². The summed E-state index contributed by atoms with van der Waals surface area (Å²) in [6.07, 6.45) is 2.84. The molecule has 7 heteroatoms. The molecule has 0 atom stereocenters. The third kappa shape index (κ3) is 3.48. The van der Waals surface area contributed by atoms with E-state index in [1.165, 1.54) is 7.11 Å². The molecule has 0 aliphatic carbocycles. The van der Waals surface area contributed by atoms with Gasteiger partial charge in [-0.2, -0.15) is 4.57 Å². The Balaban J connectivity index is 0.000000659. The molecular weight excluding hydrogens is 366 g/mol. The van der Waals surface area contributed by atoms with E-state index < -0.39 is 0 Å². The van der Waals surface area contributed by atoms with Gasteiger partial charge < -0.3 is 23.9 Å². The van der Waals surface area contributed by atoms with Gasteiger partial charge in [0.05, 0.1) is 25.2 Å². The van der Waals surface area contributed by atoms with E-state index in [2.05, 4.69) is 33.9 Å². The average molecular weight is 388 g/mol. The topological polar surface area (TPSA) is 72.0 Å². The Labute approximate surface area is 163 Å². The van der Waals surface area contributed by atoms with Crippen LogP contribution in [0.1, 0.15) is 5.56 Å². The number of hydrogen-bond acceptors (Lipinski definition) is 6. The lowest BCUT2D eigenvalue weighted by molar-refractivity contribution is -0.686. The van der Waals surface area contributed by atoms with Crippen molar-refractivity contribution < 1.29 is 28.4 Å². The number of benzene rings is 2. The summed E-state index contributed by atoms with van der Waals surface area (Å²) in [5, 5.41) is 21.6. The molecule has 2 aromatic carbocycles. The summed E-state index contributed by atoms with van der Waals surface area (Å²) in [5.74, 6) is 1.23. The molecule has 142 valence electrons. The van der Waals surface area contributed by atoms with Gasteiger partial charge in [-0.05, 0) is 48.1 Å². The monoisotopic (exact) mass is 388 g/mol. The fourth-order valence-electron chi connectivity index (χ4n) is 3.40.